The Morgan fingerprint density at radius 2 is 1.41 bits per heavy atom. The van der Waals surface area contributed by atoms with Crippen LogP contribution in [0.1, 0.15) is 22.6 Å². The van der Waals surface area contributed by atoms with Crippen molar-refractivity contribution in [3.05, 3.63) is 44.8 Å². The molecular weight excluding hydrogens is 594 g/mol. The van der Waals surface area contributed by atoms with Crippen LogP contribution in [0.3, 0.4) is 0 Å². The van der Waals surface area contributed by atoms with E-state index in [1.807, 2.05) is 22.9 Å². The van der Waals surface area contributed by atoms with E-state index in [1.54, 1.807) is 12.1 Å². The number of piperidine rings is 1. The first kappa shape index (κ1) is 29.6. The van der Waals surface area contributed by atoms with Crippen molar-refractivity contribution in [1.82, 2.24) is 0 Å². The summed E-state index contributed by atoms with van der Waals surface area (Å²) in [6, 6.07) is 8.01. The molecule has 3 fully saturated rings. The van der Waals surface area contributed by atoms with E-state index < -0.39 is 35.7 Å². The zero-order chi connectivity index (χ0) is 26.4. The molecule has 2 aromatic heterocycles. The van der Waals surface area contributed by atoms with Gasteiger partial charge in [-0.2, -0.15) is 0 Å². The summed E-state index contributed by atoms with van der Waals surface area (Å²) in [6.45, 7) is 0. The van der Waals surface area contributed by atoms with Gasteiger partial charge in [-0.05, 0) is 22.9 Å². The number of halogens is 1. The highest BCUT2D eigenvalue weighted by atomic mass is 79.9. The van der Waals surface area contributed by atoms with E-state index in [0.717, 1.165) is 17.3 Å². The molecule has 5 rings (SSSR count). The van der Waals surface area contributed by atoms with Gasteiger partial charge in [0.15, 0.2) is 12.2 Å². The summed E-state index contributed by atoms with van der Waals surface area (Å²) >= 11 is 2.74. The Hall–Kier alpha value is -1.91. The Bertz CT molecular complexity index is 1040. The predicted molar refractivity (Wildman–Crippen MR) is 137 cm³/mol. The Kier molecular flexibility index (Phi) is 8.86. The Balaban J connectivity index is 0.000000298. The molecule has 5 heterocycles. The summed E-state index contributed by atoms with van der Waals surface area (Å²) < 4.78 is 12.6. The van der Waals surface area contributed by atoms with Crippen LogP contribution >= 0.6 is 39.7 Å². The van der Waals surface area contributed by atoms with Crippen molar-refractivity contribution in [3.8, 4) is 0 Å². The van der Waals surface area contributed by atoms with Crippen molar-refractivity contribution in [2.24, 2.45) is 0 Å². The molecule has 14 heteroatoms. The number of hydrogen-bond donors (Lipinski definition) is 5. The summed E-state index contributed by atoms with van der Waals surface area (Å²) in [6.07, 6.45) is -2.48. The van der Waals surface area contributed by atoms with E-state index in [-0.39, 0.29) is 23.1 Å². The van der Waals surface area contributed by atoms with E-state index in [1.165, 1.54) is 22.7 Å². The molecule has 0 aromatic carbocycles. The van der Waals surface area contributed by atoms with Crippen LogP contribution in [0.25, 0.3) is 0 Å². The molecule has 7 atom stereocenters. The molecule has 0 saturated carbocycles. The van der Waals surface area contributed by atoms with Crippen LogP contribution in [0.4, 0.5) is 0 Å². The van der Waals surface area contributed by atoms with Gasteiger partial charge in [-0.15, -0.1) is 39.7 Å². The quantitative estimate of drug-likeness (QED) is 0.169. The number of ether oxygens (including phenoxy) is 2. The molecule has 204 valence electrons. The number of esters is 1. The number of carbonyl (C=O) groups excluding carboxylic acids is 1. The first-order valence-corrected chi connectivity index (χ1v) is 13.0. The molecule has 5 N–H and O–H groups in total. The van der Waals surface area contributed by atoms with E-state index in [0.29, 0.717) is 34.0 Å². The summed E-state index contributed by atoms with van der Waals surface area (Å²) in [4.78, 5) is 33.9. The van der Waals surface area contributed by atoms with Gasteiger partial charge in [-0.25, -0.2) is 14.4 Å². The molecule has 0 spiro atoms. The summed E-state index contributed by atoms with van der Waals surface area (Å²) in [5, 5.41) is 47.6. The zero-order valence-electron chi connectivity index (χ0n) is 19.9. The molecule has 3 aliphatic rings. The fourth-order valence-corrected chi connectivity index (χ4v) is 6.81. The fourth-order valence-electron chi connectivity index (χ4n) is 5.10. The zero-order valence-corrected chi connectivity index (χ0v) is 23.2. The molecule has 2 aromatic rings. The number of fused-ring (bicyclic) bond motifs is 5. The molecule has 0 radical (unpaired) electrons. The number of carboxylic acids is 2. The van der Waals surface area contributed by atoms with E-state index in [9.17, 15) is 19.5 Å². The van der Waals surface area contributed by atoms with Crippen LogP contribution in [0.15, 0.2) is 35.0 Å². The fraction of sp³-hybridized carbons (Fsp3) is 0.522. The number of carbonyl (C=O) groups is 3. The van der Waals surface area contributed by atoms with Crippen molar-refractivity contribution in [1.29, 1.82) is 0 Å². The predicted octanol–water partition coefficient (Wildman–Crippen LogP) is 0.801. The Morgan fingerprint density at radius 1 is 0.973 bits per heavy atom. The number of hydrogen-bond acceptors (Lipinski definition) is 10. The van der Waals surface area contributed by atoms with Gasteiger partial charge in [0, 0.05) is 12.8 Å². The minimum absolute atomic E-state index is 0. The lowest BCUT2D eigenvalue weighted by molar-refractivity contribution is -0.938. The SMILES string of the molecule is Br.C[N+]1(C)[C@@H]2CC(OC(=O)C(O)(c3cccs3)c3cccs3)C[C@H]1[C@@H]1O[C@@H]12.O=C(O)C(O)C(O)C(=O)O. The molecule has 3 aliphatic heterocycles. The highest BCUT2D eigenvalue weighted by Gasteiger charge is 2.71. The molecule has 3 saturated heterocycles. The minimum Gasteiger partial charge on any atom is -0.479 e. The number of aliphatic hydroxyl groups excluding tert-OH is 2. The van der Waals surface area contributed by atoms with Crippen LogP contribution in [-0.4, -0.2) is 105 Å². The lowest BCUT2D eigenvalue weighted by Crippen LogP contribution is -2.60. The Labute approximate surface area is 230 Å². The van der Waals surface area contributed by atoms with E-state index in [4.69, 9.17) is 29.9 Å². The number of aliphatic hydroxyl groups is 3. The maximum absolute atomic E-state index is 13.1. The third-order valence-corrected chi connectivity index (χ3v) is 9.13. The van der Waals surface area contributed by atoms with Crippen molar-refractivity contribution >= 4 is 57.6 Å². The molecule has 37 heavy (non-hydrogen) atoms. The van der Waals surface area contributed by atoms with Crippen LogP contribution in [0.2, 0.25) is 0 Å². The van der Waals surface area contributed by atoms with Gasteiger partial charge in [0.25, 0.3) is 0 Å². The number of carboxylic acid groups (broad SMARTS) is 2. The lowest BCUT2D eigenvalue weighted by Gasteiger charge is -2.45. The van der Waals surface area contributed by atoms with Crippen molar-refractivity contribution in [2.45, 2.75) is 61.0 Å². The third kappa shape index (κ3) is 5.47. The number of likely N-dealkylation sites (N-methyl/N-ethyl adjacent to an activating group) is 1. The van der Waals surface area contributed by atoms with Gasteiger partial charge in [-0.3, -0.25) is 0 Å². The molecular formula is C23H29BrNO10S2+. The topological polar surface area (TPSA) is 174 Å². The largest absolute Gasteiger partial charge is 0.479 e. The third-order valence-electron chi connectivity index (χ3n) is 7.17. The molecule has 3 unspecified atom stereocenters. The van der Waals surface area contributed by atoms with Crippen molar-refractivity contribution in [2.75, 3.05) is 14.1 Å². The van der Waals surface area contributed by atoms with Crippen LogP contribution < -0.4 is 0 Å². The second-order valence-corrected chi connectivity index (χ2v) is 11.5. The maximum atomic E-state index is 13.1. The summed E-state index contributed by atoms with van der Waals surface area (Å²) in [5.74, 6) is -4.10. The molecule has 11 nitrogen and oxygen atoms in total. The lowest BCUT2D eigenvalue weighted by atomic mass is 9.95. The highest BCUT2D eigenvalue weighted by molar-refractivity contribution is 8.93. The van der Waals surface area contributed by atoms with Gasteiger partial charge in [0.2, 0.25) is 5.60 Å². The van der Waals surface area contributed by atoms with Crippen LogP contribution in [0.5, 0.6) is 0 Å². The number of rotatable bonds is 7. The molecule has 0 amide bonds. The number of aliphatic carboxylic acids is 2. The second-order valence-electron chi connectivity index (χ2n) is 9.56. The first-order valence-electron chi connectivity index (χ1n) is 11.2. The summed E-state index contributed by atoms with van der Waals surface area (Å²) in [5.41, 5.74) is -1.72. The maximum Gasteiger partial charge on any atom is 0.349 e. The molecule has 2 bridgehead atoms. The van der Waals surface area contributed by atoms with E-state index in [2.05, 4.69) is 14.1 Å². The van der Waals surface area contributed by atoms with E-state index >= 15 is 0 Å². The number of thiophene rings is 2. The van der Waals surface area contributed by atoms with Gasteiger partial charge < -0.3 is 39.5 Å². The average Bonchev–Trinajstić information content (AvgIpc) is 3.17. The number of morpholine rings is 1. The smallest absolute Gasteiger partial charge is 0.349 e. The van der Waals surface area contributed by atoms with Gasteiger partial charge in [0.05, 0.1) is 23.8 Å². The van der Waals surface area contributed by atoms with Crippen LogP contribution in [-0.2, 0) is 29.5 Å². The Morgan fingerprint density at radius 3 is 1.76 bits per heavy atom. The highest BCUT2D eigenvalue weighted by Crippen LogP contribution is 2.52. The van der Waals surface area contributed by atoms with Gasteiger partial charge in [0.1, 0.15) is 30.4 Å². The number of quaternary nitrogens is 1. The monoisotopic (exact) mass is 622 g/mol. The van der Waals surface area contributed by atoms with Crippen molar-refractivity contribution < 1.29 is 53.9 Å². The standard InChI is InChI=1S/C19H22NO4S2.C4H6O6.BrH/c1-20(2)12-9-11(10-13(20)17-16(12)24-17)23-18(21)19(22,14-5-3-7-25-14)15-6-4-8-26-15;5-1(3(7)8)2(6)4(9)10;/h3-8,11-13,16-17,22H,9-10H2,1-2H3;1-2,5-6H,(H,7,8)(H,9,10);1H/q+1;;/t11?,12-,13+,16-,17+;;. The van der Waals surface area contributed by atoms with Crippen molar-refractivity contribution in [3.63, 3.8) is 0 Å². The van der Waals surface area contributed by atoms with Gasteiger partial charge in [-0.1, -0.05) is 12.1 Å². The molecule has 0 aliphatic carbocycles. The number of nitrogens with zero attached hydrogens (tertiary/aromatic N) is 1. The number of epoxide rings is 1. The normalized spacial score (nSPS) is 28.4. The first-order chi connectivity index (χ1) is 16.9. The average molecular weight is 624 g/mol. The second kappa shape index (κ2) is 11.1. The minimum atomic E-state index is -2.27. The van der Waals surface area contributed by atoms with Gasteiger partial charge >= 0.3 is 17.9 Å². The van der Waals surface area contributed by atoms with Crippen LogP contribution in [0, 0.1) is 0 Å². The summed E-state index contributed by atoms with van der Waals surface area (Å²) in [7, 11) is 4.49.